The molecule has 0 unspecified atom stereocenters. The number of nitriles is 1. The zero-order valence-corrected chi connectivity index (χ0v) is 15.6. The van der Waals surface area contributed by atoms with Crippen LogP contribution in [0.5, 0.6) is 0 Å². The molecule has 3 aromatic rings. The molecule has 0 aliphatic heterocycles. The SMILES string of the molecule is Cc1c(-c2ccccc2)oc2c(C(=O)NCC3(CC#N)CC3)cccc2c1=O. The minimum atomic E-state index is -0.291. The average molecular weight is 372 g/mol. The van der Waals surface area contributed by atoms with Crippen LogP contribution in [0.1, 0.15) is 35.2 Å². The third-order valence-electron chi connectivity index (χ3n) is 5.46. The van der Waals surface area contributed by atoms with Crippen LogP contribution < -0.4 is 10.7 Å². The van der Waals surface area contributed by atoms with Crippen LogP contribution in [0.3, 0.4) is 0 Å². The topological polar surface area (TPSA) is 83.1 Å². The monoisotopic (exact) mass is 372 g/mol. The molecule has 0 bridgehead atoms. The number of benzene rings is 2. The molecule has 0 radical (unpaired) electrons. The van der Waals surface area contributed by atoms with Crippen molar-refractivity contribution in [1.82, 2.24) is 5.32 Å². The predicted molar refractivity (Wildman–Crippen MR) is 107 cm³/mol. The van der Waals surface area contributed by atoms with Crippen LogP contribution in [0.2, 0.25) is 0 Å². The first-order valence-corrected chi connectivity index (χ1v) is 9.32. The molecular weight excluding hydrogens is 352 g/mol. The summed E-state index contributed by atoms with van der Waals surface area (Å²) in [5.41, 5.74) is 1.70. The first-order valence-electron chi connectivity index (χ1n) is 9.32. The van der Waals surface area contributed by atoms with E-state index >= 15 is 0 Å². The lowest BCUT2D eigenvalue weighted by Gasteiger charge is -2.14. The number of hydrogen-bond acceptors (Lipinski definition) is 4. The van der Waals surface area contributed by atoms with Gasteiger partial charge in [0.1, 0.15) is 5.76 Å². The van der Waals surface area contributed by atoms with Crippen molar-refractivity contribution in [2.75, 3.05) is 6.54 Å². The van der Waals surface area contributed by atoms with Crippen LogP contribution in [-0.2, 0) is 0 Å². The van der Waals surface area contributed by atoms with Crippen molar-refractivity contribution in [3.05, 3.63) is 69.9 Å². The molecule has 1 fully saturated rings. The number of nitrogens with zero attached hydrogens (tertiary/aromatic N) is 1. The Morgan fingerprint density at radius 2 is 1.93 bits per heavy atom. The zero-order chi connectivity index (χ0) is 19.7. The minimum absolute atomic E-state index is 0.0956. The molecular formula is C23H20N2O3. The van der Waals surface area contributed by atoms with Crippen molar-refractivity contribution in [3.8, 4) is 17.4 Å². The number of para-hydroxylation sites is 1. The van der Waals surface area contributed by atoms with E-state index in [-0.39, 0.29) is 16.8 Å². The minimum Gasteiger partial charge on any atom is -0.455 e. The van der Waals surface area contributed by atoms with Crippen LogP contribution in [0, 0.1) is 23.7 Å². The van der Waals surface area contributed by atoms with E-state index < -0.39 is 0 Å². The quantitative estimate of drug-likeness (QED) is 0.728. The number of fused-ring (bicyclic) bond motifs is 1. The number of nitrogens with one attached hydrogen (secondary N) is 1. The van der Waals surface area contributed by atoms with Crippen molar-refractivity contribution in [2.45, 2.75) is 26.2 Å². The molecule has 1 saturated carbocycles. The summed E-state index contributed by atoms with van der Waals surface area (Å²) in [6, 6.07) is 16.6. The highest BCUT2D eigenvalue weighted by molar-refractivity contribution is 6.05. The Kier molecular flexibility index (Phi) is 4.48. The second-order valence-corrected chi connectivity index (χ2v) is 7.45. The molecule has 4 rings (SSSR count). The molecule has 1 aliphatic carbocycles. The highest BCUT2D eigenvalue weighted by atomic mass is 16.3. The van der Waals surface area contributed by atoms with Crippen LogP contribution in [0.4, 0.5) is 0 Å². The Hall–Kier alpha value is -3.39. The lowest BCUT2D eigenvalue weighted by atomic mass is 10.0. The third-order valence-corrected chi connectivity index (χ3v) is 5.46. The average Bonchev–Trinajstić information content (AvgIpc) is 3.49. The fourth-order valence-corrected chi connectivity index (χ4v) is 3.48. The van der Waals surface area contributed by atoms with Crippen molar-refractivity contribution in [2.24, 2.45) is 5.41 Å². The Balaban J connectivity index is 1.75. The number of rotatable bonds is 5. The van der Waals surface area contributed by atoms with E-state index in [1.165, 1.54) is 0 Å². The molecule has 1 amide bonds. The molecule has 1 aromatic heterocycles. The molecule has 5 heteroatoms. The van der Waals surface area contributed by atoms with Gasteiger partial charge in [0.05, 0.1) is 17.0 Å². The number of carbonyl (C=O) groups excluding carboxylic acids is 1. The second kappa shape index (κ2) is 6.97. The fraction of sp³-hybridized carbons (Fsp3) is 0.261. The van der Waals surface area contributed by atoms with Gasteiger partial charge in [0.15, 0.2) is 11.0 Å². The Labute approximate surface area is 162 Å². The number of amides is 1. The maximum Gasteiger partial charge on any atom is 0.255 e. The summed E-state index contributed by atoms with van der Waals surface area (Å²) >= 11 is 0. The summed E-state index contributed by atoms with van der Waals surface area (Å²) in [6.45, 7) is 2.19. The van der Waals surface area contributed by atoms with Gasteiger partial charge in [-0.25, -0.2) is 0 Å². The van der Waals surface area contributed by atoms with Gasteiger partial charge >= 0.3 is 0 Å². The largest absolute Gasteiger partial charge is 0.455 e. The Morgan fingerprint density at radius 1 is 1.18 bits per heavy atom. The molecule has 0 saturated heterocycles. The molecule has 28 heavy (non-hydrogen) atoms. The second-order valence-electron chi connectivity index (χ2n) is 7.45. The van der Waals surface area contributed by atoms with Crippen LogP contribution in [0.25, 0.3) is 22.3 Å². The molecule has 2 aromatic carbocycles. The first-order chi connectivity index (χ1) is 13.5. The standard InChI is InChI=1S/C23H20N2O3/c1-15-19(26)17-8-5-9-18(22(27)25-14-23(10-11-23)12-13-24)21(17)28-20(15)16-6-3-2-4-7-16/h2-9H,10-12,14H2,1H3,(H,25,27). The van der Waals surface area contributed by atoms with E-state index in [9.17, 15) is 9.59 Å². The van der Waals surface area contributed by atoms with Gasteiger partial charge in [-0.05, 0) is 31.9 Å². The van der Waals surface area contributed by atoms with Crippen molar-refractivity contribution < 1.29 is 9.21 Å². The maximum absolute atomic E-state index is 12.9. The summed E-state index contributed by atoms with van der Waals surface area (Å²) in [4.78, 5) is 25.7. The van der Waals surface area contributed by atoms with Gasteiger partial charge in [0.25, 0.3) is 5.91 Å². The first kappa shape index (κ1) is 18.0. The summed E-state index contributed by atoms with van der Waals surface area (Å²) < 4.78 is 6.09. The van der Waals surface area contributed by atoms with Gasteiger partial charge in [-0.3, -0.25) is 9.59 Å². The number of carbonyl (C=O) groups is 1. The molecule has 1 heterocycles. The Bertz CT molecular complexity index is 1150. The fourth-order valence-electron chi connectivity index (χ4n) is 3.48. The highest BCUT2D eigenvalue weighted by Crippen LogP contribution is 2.47. The van der Waals surface area contributed by atoms with E-state index in [4.69, 9.17) is 9.68 Å². The Morgan fingerprint density at radius 3 is 2.61 bits per heavy atom. The lowest BCUT2D eigenvalue weighted by molar-refractivity contribution is 0.0945. The van der Waals surface area contributed by atoms with Gasteiger partial charge in [0, 0.05) is 29.5 Å². The molecule has 140 valence electrons. The smallest absolute Gasteiger partial charge is 0.255 e. The highest BCUT2D eigenvalue weighted by Gasteiger charge is 2.42. The van der Waals surface area contributed by atoms with E-state index in [0.29, 0.717) is 40.8 Å². The summed E-state index contributed by atoms with van der Waals surface area (Å²) in [6.07, 6.45) is 2.33. The van der Waals surface area contributed by atoms with Gasteiger partial charge in [-0.15, -0.1) is 0 Å². The normalized spacial score (nSPS) is 14.4. The van der Waals surface area contributed by atoms with Crippen molar-refractivity contribution in [1.29, 1.82) is 5.26 Å². The van der Waals surface area contributed by atoms with Gasteiger partial charge in [0.2, 0.25) is 0 Å². The van der Waals surface area contributed by atoms with E-state index in [0.717, 1.165) is 18.4 Å². The van der Waals surface area contributed by atoms with Crippen molar-refractivity contribution in [3.63, 3.8) is 0 Å². The molecule has 1 aliphatic rings. The molecule has 0 atom stereocenters. The summed E-state index contributed by atoms with van der Waals surface area (Å²) in [7, 11) is 0. The predicted octanol–water partition coefficient (Wildman–Crippen LogP) is 4.19. The van der Waals surface area contributed by atoms with Crippen LogP contribution >= 0.6 is 0 Å². The van der Waals surface area contributed by atoms with Gasteiger partial charge < -0.3 is 9.73 Å². The number of hydrogen-bond donors (Lipinski definition) is 1. The molecule has 0 spiro atoms. The van der Waals surface area contributed by atoms with Crippen LogP contribution in [0.15, 0.2) is 57.7 Å². The maximum atomic E-state index is 12.9. The van der Waals surface area contributed by atoms with Crippen molar-refractivity contribution >= 4 is 16.9 Å². The molecule has 5 nitrogen and oxygen atoms in total. The zero-order valence-electron chi connectivity index (χ0n) is 15.6. The lowest BCUT2D eigenvalue weighted by Crippen LogP contribution is -2.30. The van der Waals surface area contributed by atoms with Crippen LogP contribution in [-0.4, -0.2) is 12.5 Å². The summed E-state index contributed by atoms with van der Waals surface area (Å²) in [5, 5.41) is 12.3. The summed E-state index contributed by atoms with van der Waals surface area (Å²) in [5.74, 6) is 0.183. The van der Waals surface area contributed by atoms with Gasteiger partial charge in [-0.2, -0.15) is 5.26 Å². The van der Waals surface area contributed by atoms with E-state index in [1.807, 2.05) is 30.3 Å². The van der Waals surface area contributed by atoms with Gasteiger partial charge in [-0.1, -0.05) is 36.4 Å². The molecule has 1 N–H and O–H groups in total. The van der Waals surface area contributed by atoms with E-state index in [2.05, 4.69) is 11.4 Å². The van der Waals surface area contributed by atoms with E-state index in [1.54, 1.807) is 25.1 Å². The third kappa shape index (κ3) is 3.18.